The predicted molar refractivity (Wildman–Crippen MR) is 96.0 cm³/mol. The van der Waals surface area contributed by atoms with Crippen molar-refractivity contribution in [1.82, 2.24) is 0 Å². The number of halogens is 1. The van der Waals surface area contributed by atoms with Crippen molar-refractivity contribution in [3.63, 3.8) is 0 Å². The molecule has 0 unspecified atom stereocenters. The lowest BCUT2D eigenvalue weighted by Gasteiger charge is -2.18. The molecule has 10 heteroatoms. The maximum Gasteiger partial charge on any atom is 0.265 e. The maximum atomic E-state index is 13.5. The summed E-state index contributed by atoms with van der Waals surface area (Å²) in [6.07, 6.45) is 0.513. The van der Waals surface area contributed by atoms with Gasteiger partial charge in [0.25, 0.3) is 10.0 Å². The van der Waals surface area contributed by atoms with Gasteiger partial charge in [-0.2, -0.15) is 0 Å². The molecule has 0 radical (unpaired) electrons. The molecule has 1 aliphatic heterocycles. The zero-order valence-corrected chi connectivity index (χ0v) is 15.5. The summed E-state index contributed by atoms with van der Waals surface area (Å²) >= 11 is 0. The molecule has 0 atom stereocenters. The molecule has 0 saturated carbocycles. The number of hydrogen-bond donors (Lipinski definition) is 1. The molecule has 1 heterocycles. The van der Waals surface area contributed by atoms with Crippen LogP contribution in [0.1, 0.15) is 6.42 Å². The molecule has 0 aliphatic carbocycles. The number of benzene rings is 2. The van der Waals surface area contributed by atoms with Crippen LogP contribution in [0.15, 0.2) is 47.4 Å². The van der Waals surface area contributed by atoms with E-state index in [2.05, 4.69) is 4.72 Å². The summed E-state index contributed by atoms with van der Waals surface area (Å²) in [6, 6.07) is 9.21. The molecule has 0 bridgehead atoms. The summed E-state index contributed by atoms with van der Waals surface area (Å²) in [5.41, 5.74) is 0.532. The van der Waals surface area contributed by atoms with Crippen LogP contribution in [0.4, 0.5) is 15.8 Å². The number of nitrogens with zero attached hydrogens (tertiary/aromatic N) is 1. The fraction of sp³-hybridized carbons (Fsp3) is 0.250. The highest BCUT2D eigenvalue weighted by Crippen LogP contribution is 2.29. The van der Waals surface area contributed by atoms with Crippen LogP contribution in [0.5, 0.6) is 5.75 Å². The average molecular weight is 400 g/mol. The SMILES string of the molecule is COc1ccc(F)cc1S(=O)(=O)Nc1cccc(N2CCCS2(=O)=O)c1. The molecular formula is C16H17FN2O5S2. The number of rotatable bonds is 5. The zero-order valence-electron chi connectivity index (χ0n) is 13.8. The van der Waals surface area contributed by atoms with E-state index in [4.69, 9.17) is 4.74 Å². The molecule has 0 aromatic heterocycles. The number of methoxy groups -OCH3 is 1. The Kier molecular flexibility index (Phi) is 4.80. The van der Waals surface area contributed by atoms with Gasteiger partial charge in [-0.25, -0.2) is 21.2 Å². The summed E-state index contributed by atoms with van der Waals surface area (Å²) in [5.74, 6) is -0.663. The van der Waals surface area contributed by atoms with Crippen molar-refractivity contribution in [3.8, 4) is 5.75 Å². The highest BCUT2D eigenvalue weighted by molar-refractivity contribution is 7.93. The van der Waals surface area contributed by atoms with Crippen molar-refractivity contribution >= 4 is 31.4 Å². The fourth-order valence-electron chi connectivity index (χ4n) is 2.72. The normalized spacial score (nSPS) is 16.5. The van der Waals surface area contributed by atoms with Crippen molar-refractivity contribution in [2.75, 3.05) is 28.4 Å². The van der Waals surface area contributed by atoms with Crippen molar-refractivity contribution in [2.45, 2.75) is 11.3 Å². The quantitative estimate of drug-likeness (QED) is 0.830. The highest BCUT2D eigenvalue weighted by atomic mass is 32.2. The Morgan fingerprint density at radius 1 is 1.19 bits per heavy atom. The van der Waals surface area contributed by atoms with E-state index in [1.807, 2.05) is 0 Å². The highest BCUT2D eigenvalue weighted by Gasteiger charge is 2.29. The summed E-state index contributed by atoms with van der Waals surface area (Å²) in [6.45, 7) is 0.344. The lowest BCUT2D eigenvalue weighted by Crippen LogP contribution is -2.25. The lowest BCUT2D eigenvalue weighted by atomic mass is 10.3. The van der Waals surface area contributed by atoms with Crippen LogP contribution in [-0.4, -0.2) is 36.2 Å². The first kappa shape index (κ1) is 18.5. The first-order valence-corrected chi connectivity index (χ1v) is 10.8. The number of hydrogen-bond acceptors (Lipinski definition) is 5. The van der Waals surface area contributed by atoms with E-state index in [0.29, 0.717) is 18.7 Å². The van der Waals surface area contributed by atoms with Gasteiger partial charge in [0.05, 0.1) is 24.2 Å². The van der Waals surface area contributed by atoms with E-state index in [1.165, 1.54) is 29.6 Å². The third kappa shape index (κ3) is 3.61. The molecule has 7 nitrogen and oxygen atoms in total. The Labute approximate surface area is 151 Å². The smallest absolute Gasteiger partial charge is 0.265 e. The van der Waals surface area contributed by atoms with Crippen LogP contribution in [0.3, 0.4) is 0 Å². The van der Waals surface area contributed by atoms with Gasteiger partial charge in [-0.1, -0.05) is 6.07 Å². The summed E-state index contributed by atoms with van der Waals surface area (Å²) < 4.78 is 71.3. The number of ether oxygens (including phenoxy) is 1. The van der Waals surface area contributed by atoms with Crippen LogP contribution < -0.4 is 13.8 Å². The predicted octanol–water partition coefficient (Wildman–Crippen LogP) is 2.17. The largest absolute Gasteiger partial charge is 0.495 e. The van der Waals surface area contributed by atoms with E-state index in [0.717, 1.165) is 12.1 Å². The number of sulfonamides is 2. The van der Waals surface area contributed by atoms with E-state index >= 15 is 0 Å². The monoisotopic (exact) mass is 400 g/mol. The molecular weight excluding hydrogens is 383 g/mol. The molecule has 1 saturated heterocycles. The molecule has 2 aromatic rings. The molecule has 26 heavy (non-hydrogen) atoms. The van der Waals surface area contributed by atoms with E-state index in [1.54, 1.807) is 12.1 Å². The van der Waals surface area contributed by atoms with Gasteiger partial charge < -0.3 is 4.74 Å². The minimum atomic E-state index is -4.13. The minimum Gasteiger partial charge on any atom is -0.495 e. The topological polar surface area (TPSA) is 92.8 Å². The Hall–Kier alpha value is -2.33. The van der Waals surface area contributed by atoms with Gasteiger partial charge in [-0.15, -0.1) is 0 Å². The van der Waals surface area contributed by atoms with Crippen LogP contribution in [-0.2, 0) is 20.0 Å². The molecule has 140 valence electrons. The molecule has 1 N–H and O–H groups in total. The molecule has 1 fully saturated rings. The van der Waals surface area contributed by atoms with Crippen LogP contribution >= 0.6 is 0 Å². The van der Waals surface area contributed by atoms with Gasteiger partial charge in [0.1, 0.15) is 16.5 Å². The maximum absolute atomic E-state index is 13.5. The summed E-state index contributed by atoms with van der Waals surface area (Å²) in [5, 5.41) is 0. The third-order valence-corrected chi connectivity index (χ3v) is 7.17. The van der Waals surface area contributed by atoms with Crippen LogP contribution in [0.25, 0.3) is 0 Å². The molecule has 1 aliphatic rings. The molecule has 0 spiro atoms. The fourth-order valence-corrected chi connectivity index (χ4v) is 5.51. The standard InChI is InChI=1S/C16H17FN2O5S2/c1-24-15-7-6-12(17)10-16(15)26(22,23)18-13-4-2-5-14(11-13)19-8-3-9-25(19,20)21/h2,4-7,10-11,18H,3,8-9H2,1H3. The van der Waals surface area contributed by atoms with Crippen LogP contribution in [0, 0.1) is 5.82 Å². The first-order chi connectivity index (χ1) is 12.2. The summed E-state index contributed by atoms with van der Waals surface area (Å²) in [4.78, 5) is -0.348. The number of anilines is 2. The second-order valence-corrected chi connectivity index (χ2v) is 9.36. The molecule has 3 rings (SSSR count). The van der Waals surface area contributed by atoms with Crippen molar-refractivity contribution < 1.29 is 26.0 Å². The van der Waals surface area contributed by atoms with Gasteiger partial charge >= 0.3 is 0 Å². The lowest BCUT2D eigenvalue weighted by molar-refractivity contribution is 0.401. The van der Waals surface area contributed by atoms with Gasteiger partial charge in [0.15, 0.2) is 0 Å². The minimum absolute atomic E-state index is 0.00262. The van der Waals surface area contributed by atoms with Crippen molar-refractivity contribution in [3.05, 3.63) is 48.3 Å². The van der Waals surface area contributed by atoms with Gasteiger partial charge in [0, 0.05) is 6.54 Å². The molecule has 0 amide bonds. The summed E-state index contributed by atoms with van der Waals surface area (Å²) in [7, 11) is -6.23. The average Bonchev–Trinajstić information content (AvgIpc) is 2.94. The van der Waals surface area contributed by atoms with Gasteiger partial charge in [-0.05, 0) is 42.8 Å². The van der Waals surface area contributed by atoms with Crippen molar-refractivity contribution in [2.24, 2.45) is 0 Å². The second kappa shape index (κ2) is 6.76. The Bertz CT molecular complexity index is 1040. The Morgan fingerprint density at radius 3 is 2.62 bits per heavy atom. The Morgan fingerprint density at radius 2 is 1.96 bits per heavy atom. The molecule has 2 aromatic carbocycles. The van der Waals surface area contributed by atoms with Gasteiger partial charge in [0.2, 0.25) is 10.0 Å². The van der Waals surface area contributed by atoms with E-state index in [-0.39, 0.29) is 22.1 Å². The van der Waals surface area contributed by atoms with Crippen LogP contribution in [0.2, 0.25) is 0 Å². The second-order valence-electron chi connectivity index (χ2n) is 5.69. The van der Waals surface area contributed by atoms with E-state index < -0.39 is 25.9 Å². The Balaban J connectivity index is 1.94. The van der Waals surface area contributed by atoms with Crippen molar-refractivity contribution in [1.29, 1.82) is 0 Å². The van der Waals surface area contributed by atoms with Gasteiger partial charge in [-0.3, -0.25) is 9.03 Å². The third-order valence-electron chi connectivity index (χ3n) is 3.90. The number of nitrogens with one attached hydrogen (secondary N) is 1. The van der Waals surface area contributed by atoms with E-state index in [9.17, 15) is 21.2 Å². The zero-order chi connectivity index (χ0) is 18.9. The first-order valence-electron chi connectivity index (χ1n) is 7.70.